The number of ether oxygens (including phenoxy) is 2. The molecule has 3 aromatic rings. The fraction of sp³-hybridized carbons (Fsp3) is 0.300. The third kappa shape index (κ3) is 4.01. The molecule has 1 aliphatic rings. The molecular formula is C20H19Cl2N3O2. The van der Waals surface area contributed by atoms with Crippen molar-refractivity contribution in [1.82, 2.24) is 14.8 Å². The van der Waals surface area contributed by atoms with Crippen LogP contribution in [0, 0.1) is 0 Å². The van der Waals surface area contributed by atoms with Crippen molar-refractivity contribution in [3.63, 3.8) is 0 Å². The molecule has 5 nitrogen and oxygen atoms in total. The second-order valence-corrected chi connectivity index (χ2v) is 7.55. The second-order valence-electron chi connectivity index (χ2n) is 6.70. The molecule has 7 heteroatoms. The number of rotatable bonds is 5. The van der Waals surface area contributed by atoms with E-state index in [9.17, 15) is 0 Å². The fourth-order valence-corrected chi connectivity index (χ4v) is 3.77. The van der Waals surface area contributed by atoms with Crippen LogP contribution in [0.2, 0.25) is 10.0 Å². The van der Waals surface area contributed by atoms with Gasteiger partial charge in [0.15, 0.2) is 0 Å². The Morgan fingerprint density at radius 3 is 2.56 bits per heavy atom. The predicted molar refractivity (Wildman–Crippen MR) is 104 cm³/mol. The first kappa shape index (κ1) is 18.4. The molecule has 0 radical (unpaired) electrons. The minimum Gasteiger partial charge on any atom is -0.342 e. The zero-order valence-electron chi connectivity index (χ0n) is 14.8. The number of halogens is 2. The highest BCUT2D eigenvalue weighted by molar-refractivity contribution is 6.31. The summed E-state index contributed by atoms with van der Waals surface area (Å²) in [7, 11) is 0. The third-order valence-corrected chi connectivity index (χ3v) is 5.11. The van der Waals surface area contributed by atoms with E-state index in [-0.39, 0.29) is 6.10 Å². The summed E-state index contributed by atoms with van der Waals surface area (Å²) >= 11 is 12.6. The Labute approximate surface area is 167 Å². The van der Waals surface area contributed by atoms with Crippen LogP contribution < -0.4 is 0 Å². The van der Waals surface area contributed by atoms with Gasteiger partial charge in [0, 0.05) is 15.6 Å². The smallest absolute Gasteiger partial charge is 0.217 e. The van der Waals surface area contributed by atoms with Gasteiger partial charge in [0.2, 0.25) is 5.79 Å². The topological polar surface area (TPSA) is 49.2 Å². The SMILES string of the molecule is CC1COC(Cn2cncn2)(c2ccc(Cc3ccc(Cl)cc3)cc2Cl)O1. The van der Waals surface area contributed by atoms with Gasteiger partial charge in [0.1, 0.15) is 19.2 Å². The predicted octanol–water partition coefficient (Wildman–Crippen LogP) is 4.46. The van der Waals surface area contributed by atoms with Crippen LogP contribution in [0.15, 0.2) is 55.1 Å². The zero-order chi connectivity index (χ0) is 18.9. The van der Waals surface area contributed by atoms with Crippen LogP contribution in [0.3, 0.4) is 0 Å². The molecule has 0 aliphatic carbocycles. The molecule has 0 amide bonds. The monoisotopic (exact) mass is 403 g/mol. The lowest BCUT2D eigenvalue weighted by Crippen LogP contribution is -2.34. The molecule has 2 unspecified atom stereocenters. The lowest BCUT2D eigenvalue weighted by Gasteiger charge is -2.29. The molecule has 1 saturated heterocycles. The van der Waals surface area contributed by atoms with Gasteiger partial charge in [-0.3, -0.25) is 0 Å². The largest absolute Gasteiger partial charge is 0.342 e. The van der Waals surface area contributed by atoms with Crippen molar-refractivity contribution < 1.29 is 9.47 Å². The molecule has 1 aromatic heterocycles. The normalized spacial score (nSPS) is 22.3. The first-order valence-corrected chi connectivity index (χ1v) is 9.47. The number of nitrogens with zero attached hydrogens (tertiary/aromatic N) is 3. The summed E-state index contributed by atoms with van der Waals surface area (Å²) in [6.45, 7) is 2.86. The van der Waals surface area contributed by atoms with Crippen LogP contribution in [0.1, 0.15) is 23.6 Å². The van der Waals surface area contributed by atoms with E-state index in [1.807, 2.05) is 43.3 Å². The van der Waals surface area contributed by atoms with Crippen LogP contribution in [0.4, 0.5) is 0 Å². The van der Waals surface area contributed by atoms with E-state index in [0.717, 1.165) is 22.6 Å². The Balaban J connectivity index is 1.62. The van der Waals surface area contributed by atoms with Gasteiger partial charge in [-0.1, -0.05) is 47.5 Å². The van der Waals surface area contributed by atoms with Gasteiger partial charge in [0.05, 0.1) is 12.7 Å². The molecule has 140 valence electrons. The average molecular weight is 404 g/mol. The van der Waals surface area contributed by atoms with E-state index in [2.05, 4.69) is 16.1 Å². The average Bonchev–Trinajstić information content (AvgIpc) is 3.28. The molecule has 4 rings (SSSR count). The van der Waals surface area contributed by atoms with Crippen LogP contribution in [-0.4, -0.2) is 27.5 Å². The maximum Gasteiger partial charge on any atom is 0.217 e. The molecule has 0 bridgehead atoms. The second kappa shape index (κ2) is 7.60. The van der Waals surface area contributed by atoms with Crippen molar-refractivity contribution in [2.24, 2.45) is 0 Å². The van der Waals surface area contributed by atoms with Gasteiger partial charge in [-0.25, -0.2) is 9.67 Å². The van der Waals surface area contributed by atoms with Gasteiger partial charge >= 0.3 is 0 Å². The lowest BCUT2D eigenvalue weighted by molar-refractivity contribution is -0.186. The van der Waals surface area contributed by atoms with Crippen molar-refractivity contribution >= 4 is 23.2 Å². The van der Waals surface area contributed by atoms with Crippen molar-refractivity contribution in [2.45, 2.75) is 31.8 Å². The maximum atomic E-state index is 6.65. The molecule has 1 fully saturated rings. The molecule has 2 heterocycles. The summed E-state index contributed by atoms with van der Waals surface area (Å²) < 4.78 is 13.9. The fourth-order valence-electron chi connectivity index (χ4n) is 3.30. The summed E-state index contributed by atoms with van der Waals surface area (Å²) in [5, 5.41) is 5.51. The van der Waals surface area contributed by atoms with Crippen molar-refractivity contribution in [1.29, 1.82) is 0 Å². The molecular weight excluding hydrogens is 385 g/mol. The maximum absolute atomic E-state index is 6.65. The molecule has 2 aromatic carbocycles. The zero-order valence-corrected chi connectivity index (χ0v) is 16.3. The Kier molecular flexibility index (Phi) is 5.19. The Bertz CT molecular complexity index is 915. The van der Waals surface area contributed by atoms with E-state index in [1.165, 1.54) is 11.9 Å². The van der Waals surface area contributed by atoms with Gasteiger partial charge in [0.25, 0.3) is 0 Å². The van der Waals surface area contributed by atoms with Crippen molar-refractivity contribution in [2.75, 3.05) is 6.61 Å². The number of aromatic nitrogens is 3. The molecule has 0 N–H and O–H groups in total. The molecule has 2 atom stereocenters. The van der Waals surface area contributed by atoms with Crippen LogP contribution in [-0.2, 0) is 28.2 Å². The van der Waals surface area contributed by atoms with Crippen LogP contribution in [0.5, 0.6) is 0 Å². The van der Waals surface area contributed by atoms with E-state index in [0.29, 0.717) is 18.2 Å². The Morgan fingerprint density at radius 2 is 1.93 bits per heavy atom. The number of hydrogen-bond donors (Lipinski definition) is 0. The van der Waals surface area contributed by atoms with Gasteiger partial charge in [-0.05, 0) is 42.7 Å². The first-order chi connectivity index (χ1) is 13.0. The van der Waals surface area contributed by atoms with Crippen molar-refractivity contribution in [3.8, 4) is 0 Å². The minimum atomic E-state index is -0.969. The molecule has 1 aliphatic heterocycles. The quantitative estimate of drug-likeness (QED) is 0.630. The first-order valence-electron chi connectivity index (χ1n) is 8.72. The van der Waals surface area contributed by atoms with Gasteiger partial charge in [-0.2, -0.15) is 5.10 Å². The lowest BCUT2D eigenvalue weighted by atomic mass is 9.99. The van der Waals surface area contributed by atoms with E-state index < -0.39 is 5.79 Å². The summed E-state index contributed by atoms with van der Waals surface area (Å²) in [6, 6.07) is 13.8. The van der Waals surface area contributed by atoms with Crippen LogP contribution >= 0.6 is 23.2 Å². The minimum absolute atomic E-state index is 0.0293. The Hall–Kier alpha value is -1.92. The molecule has 27 heavy (non-hydrogen) atoms. The van der Waals surface area contributed by atoms with E-state index in [1.54, 1.807) is 11.0 Å². The highest BCUT2D eigenvalue weighted by Crippen LogP contribution is 2.39. The number of benzene rings is 2. The summed E-state index contributed by atoms with van der Waals surface area (Å²) in [6.07, 6.45) is 3.87. The van der Waals surface area contributed by atoms with Gasteiger partial charge < -0.3 is 9.47 Å². The summed E-state index contributed by atoms with van der Waals surface area (Å²) in [5.41, 5.74) is 3.07. The Morgan fingerprint density at radius 1 is 1.15 bits per heavy atom. The van der Waals surface area contributed by atoms with Gasteiger partial charge in [-0.15, -0.1) is 0 Å². The highest BCUT2D eigenvalue weighted by atomic mass is 35.5. The van der Waals surface area contributed by atoms with Crippen LogP contribution in [0.25, 0.3) is 0 Å². The molecule has 0 saturated carbocycles. The molecule has 0 spiro atoms. The number of hydrogen-bond acceptors (Lipinski definition) is 4. The standard InChI is InChI=1S/C20H19Cl2N3O2/c1-14-10-26-20(27-14,11-25-13-23-12-24-25)18-7-4-16(9-19(18)22)8-15-2-5-17(21)6-3-15/h2-7,9,12-14H,8,10-11H2,1H3. The van der Waals surface area contributed by atoms with E-state index in [4.69, 9.17) is 32.7 Å². The van der Waals surface area contributed by atoms with E-state index >= 15 is 0 Å². The highest BCUT2D eigenvalue weighted by Gasteiger charge is 2.44. The summed E-state index contributed by atoms with van der Waals surface area (Å²) in [5.74, 6) is -0.969. The third-order valence-electron chi connectivity index (χ3n) is 4.54. The van der Waals surface area contributed by atoms with Crippen molar-refractivity contribution in [3.05, 3.63) is 81.9 Å². The summed E-state index contributed by atoms with van der Waals surface area (Å²) in [4.78, 5) is 4.00.